The summed E-state index contributed by atoms with van der Waals surface area (Å²) < 4.78 is 2.24. The van der Waals surface area contributed by atoms with E-state index >= 15 is 0 Å². The van der Waals surface area contributed by atoms with Gasteiger partial charge in [-0.25, -0.2) is 4.99 Å². The zero-order valence-electron chi connectivity index (χ0n) is 26.4. The molecule has 222 valence electrons. The number of hydrogen-bond donors (Lipinski definition) is 1. The minimum Gasteiger partial charge on any atom is -0.346 e. The number of halogens is 1. The Morgan fingerprint density at radius 2 is 1.86 bits per heavy atom. The highest BCUT2D eigenvalue weighted by atomic mass is 35.5. The van der Waals surface area contributed by atoms with Crippen LogP contribution in [0.3, 0.4) is 0 Å². The molecule has 5 nitrogen and oxygen atoms in total. The predicted molar refractivity (Wildman–Crippen MR) is 185 cm³/mol. The molecule has 1 N–H and O–H groups in total. The number of benzene rings is 2. The second kappa shape index (κ2) is 15.0. The van der Waals surface area contributed by atoms with Crippen molar-refractivity contribution in [2.24, 2.45) is 4.99 Å². The Balaban J connectivity index is 0.000000730. The molecule has 0 aliphatic carbocycles. The van der Waals surface area contributed by atoms with Crippen molar-refractivity contribution in [3.05, 3.63) is 93.7 Å². The van der Waals surface area contributed by atoms with Gasteiger partial charge in [0.2, 0.25) is 0 Å². The molecule has 0 unspecified atom stereocenters. The number of hydrogen-bond acceptors (Lipinski definition) is 4. The van der Waals surface area contributed by atoms with Crippen molar-refractivity contribution < 1.29 is 4.79 Å². The maximum absolute atomic E-state index is 12.3. The third kappa shape index (κ3) is 7.39. The molecule has 2 heterocycles. The van der Waals surface area contributed by atoms with Crippen LogP contribution in [0.15, 0.2) is 60.1 Å². The van der Waals surface area contributed by atoms with Crippen LogP contribution >= 0.6 is 11.6 Å². The first-order valence-corrected chi connectivity index (χ1v) is 15.0. The van der Waals surface area contributed by atoms with Crippen LogP contribution in [0.4, 0.5) is 5.69 Å². The summed E-state index contributed by atoms with van der Waals surface area (Å²) in [4.78, 5) is 19.0. The van der Waals surface area contributed by atoms with Gasteiger partial charge in [-0.05, 0) is 108 Å². The number of carbonyl (C=O) groups is 1. The number of carbonyl (C=O) groups excluding carboxylic acids is 1. The molecule has 0 radical (unpaired) electrons. The standard InChI is InChI=1S/C31H32ClN3O.C5H13N/c1-7-9-11-22(17-36)30-25-12-20(5)21(6)13-29(25)35(31(30)19(3)4)16-23-14-24-27(10-8-2)33-18-34-28(24)15-26(23)32;1-4-5-6(2)3/h7,9-15,17-18H,3,8,16H2,1-2,4-6H3,(H,33,34);4-5H2,1-3H3/b9-7-,22-11+,27-10+;. The summed E-state index contributed by atoms with van der Waals surface area (Å²) in [5, 5.41) is 4.92. The van der Waals surface area contributed by atoms with Gasteiger partial charge in [0, 0.05) is 39.2 Å². The molecule has 1 aliphatic heterocycles. The second-order valence-corrected chi connectivity index (χ2v) is 11.4. The Morgan fingerprint density at radius 1 is 1.14 bits per heavy atom. The first-order valence-electron chi connectivity index (χ1n) is 14.6. The lowest BCUT2D eigenvalue weighted by Crippen LogP contribution is -2.11. The average Bonchev–Trinajstić information content (AvgIpc) is 3.23. The van der Waals surface area contributed by atoms with Crippen molar-refractivity contribution in [3.8, 4) is 0 Å². The van der Waals surface area contributed by atoms with E-state index in [9.17, 15) is 4.79 Å². The van der Waals surface area contributed by atoms with Gasteiger partial charge in [0.25, 0.3) is 0 Å². The van der Waals surface area contributed by atoms with E-state index in [0.717, 1.165) is 63.0 Å². The molecular weight excluding hydrogens is 540 g/mol. The number of anilines is 1. The van der Waals surface area contributed by atoms with Crippen LogP contribution in [0.2, 0.25) is 5.02 Å². The van der Waals surface area contributed by atoms with Crippen molar-refractivity contribution in [3.63, 3.8) is 0 Å². The first-order chi connectivity index (χ1) is 20.1. The third-order valence-corrected chi connectivity index (χ3v) is 7.60. The van der Waals surface area contributed by atoms with Crippen LogP contribution in [0.25, 0.3) is 27.7 Å². The Labute approximate surface area is 257 Å². The van der Waals surface area contributed by atoms with E-state index in [2.05, 4.69) is 92.4 Å². The first kappa shape index (κ1) is 32.8. The summed E-state index contributed by atoms with van der Waals surface area (Å²) in [6, 6.07) is 8.45. The normalized spacial score (nSPS) is 13.9. The van der Waals surface area contributed by atoms with E-state index < -0.39 is 0 Å². The fraction of sp³-hybridized carbons (Fsp3) is 0.333. The molecule has 0 fully saturated rings. The lowest BCUT2D eigenvalue weighted by atomic mass is 9.97. The highest BCUT2D eigenvalue weighted by molar-refractivity contribution is 6.32. The molecule has 4 rings (SSSR count). The number of aryl methyl sites for hydroxylation is 2. The number of allylic oxidation sites excluding steroid dienone is 6. The van der Waals surface area contributed by atoms with Crippen molar-refractivity contribution in [2.75, 3.05) is 26.0 Å². The quantitative estimate of drug-likeness (QED) is 0.155. The summed E-state index contributed by atoms with van der Waals surface area (Å²) >= 11 is 6.82. The molecule has 6 heteroatoms. The molecule has 0 amide bonds. The summed E-state index contributed by atoms with van der Waals surface area (Å²) in [5.74, 6) is 0. The van der Waals surface area contributed by atoms with Gasteiger partial charge < -0.3 is 14.8 Å². The van der Waals surface area contributed by atoms with Gasteiger partial charge in [-0.15, -0.1) is 0 Å². The van der Waals surface area contributed by atoms with Gasteiger partial charge in [-0.1, -0.05) is 56.3 Å². The highest BCUT2D eigenvalue weighted by Crippen LogP contribution is 2.39. The van der Waals surface area contributed by atoms with Crippen LogP contribution in [0.1, 0.15) is 74.0 Å². The van der Waals surface area contributed by atoms with Gasteiger partial charge in [0.15, 0.2) is 6.29 Å². The van der Waals surface area contributed by atoms with E-state index in [1.54, 1.807) is 6.34 Å². The fourth-order valence-corrected chi connectivity index (χ4v) is 5.40. The minimum atomic E-state index is 0.534. The SMILES string of the molecule is C=C(C)c1c(/C(C=O)=C/C=C\C)c2cc(C)c(C)cc2n1Cc1cc2c(cc1Cl)NC=N/C2=C/CC.CCCN(C)C. The number of aldehydes is 1. The van der Waals surface area contributed by atoms with Crippen LogP contribution in [0, 0.1) is 13.8 Å². The summed E-state index contributed by atoms with van der Waals surface area (Å²) in [6.07, 6.45) is 12.6. The Morgan fingerprint density at radius 3 is 2.43 bits per heavy atom. The molecule has 2 aromatic carbocycles. The van der Waals surface area contributed by atoms with Gasteiger partial charge >= 0.3 is 0 Å². The van der Waals surface area contributed by atoms with E-state index in [0.29, 0.717) is 17.1 Å². The van der Waals surface area contributed by atoms with Crippen molar-refractivity contribution in [1.29, 1.82) is 0 Å². The predicted octanol–water partition coefficient (Wildman–Crippen LogP) is 9.31. The van der Waals surface area contributed by atoms with Gasteiger partial charge in [0.05, 0.1) is 23.4 Å². The zero-order chi connectivity index (χ0) is 31.0. The smallest absolute Gasteiger partial charge is 0.150 e. The molecule has 3 aromatic rings. The second-order valence-electron chi connectivity index (χ2n) is 11.0. The zero-order valence-corrected chi connectivity index (χ0v) is 27.2. The van der Waals surface area contributed by atoms with Gasteiger partial charge in [-0.2, -0.15) is 0 Å². The maximum atomic E-state index is 12.3. The monoisotopic (exact) mass is 584 g/mol. The number of aromatic nitrogens is 1. The van der Waals surface area contributed by atoms with Crippen molar-refractivity contribution >= 4 is 57.7 Å². The molecular formula is C36H45ClN4O. The maximum Gasteiger partial charge on any atom is 0.150 e. The van der Waals surface area contributed by atoms with Crippen LogP contribution in [-0.2, 0) is 11.3 Å². The molecule has 0 atom stereocenters. The van der Waals surface area contributed by atoms with Crippen LogP contribution in [0.5, 0.6) is 0 Å². The van der Waals surface area contributed by atoms with Crippen LogP contribution < -0.4 is 5.32 Å². The lowest BCUT2D eigenvalue weighted by molar-refractivity contribution is -0.103. The number of nitrogens with one attached hydrogen (secondary N) is 1. The summed E-state index contributed by atoms with van der Waals surface area (Å²) in [5.41, 5.74) is 10.7. The largest absolute Gasteiger partial charge is 0.346 e. The number of rotatable bonds is 9. The van der Waals surface area contributed by atoms with E-state index in [1.165, 1.54) is 24.1 Å². The minimum absolute atomic E-state index is 0.534. The number of nitrogens with zero attached hydrogens (tertiary/aromatic N) is 3. The van der Waals surface area contributed by atoms with Crippen LogP contribution in [-0.4, -0.2) is 42.7 Å². The van der Waals surface area contributed by atoms with Gasteiger partial charge in [-0.3, -0.25) is 4.79 Å². The molecule has 1 aromatic heterocycles. The topological polar surface area (TPSA) is 49.6 Å². The van der Waals surface area contributed by atoms with E-state index in [4.69, 9.17) is 11.6 Å². The third-order valence-electron chi connectivity index (χ3n) is 7.25. The Hall–Kier alpha value is -3.67. The molecule has 0 bridgehead atoms. The number of fused-ring (bicyclic) bond motifs is 2. The highest BCUT2D eigenvalue weighted by Gasteiger charge is 2.23. The Bertz CT molecular complexity index is 1580. The fourth-order valence-electron chi connectivity index (χ4n) is 5.17. The van der Waals surface area contributed by atoms with E-state index in [-0.39, 0.29) is 0 Å². The molecule has 0 saturated heterocycles. The van der Waals surface area contributed by atoms with E-state index in [1.807, 2.05) is 38.1 Å². The van der Waals surface area contributed by atoms with Gasteiger partial charge in [0.1, 0.15) is 0 Å². The Kier molecular flexibility index (Phi) is 11.7. The van der Waals surface area contributed by atoms with Crippen molar-refractivity contribution in [2.45, 2.75) is 60.9 Å². The average molecular weight is 585 g/mol. The molecule has 0 saturated carbocycles. The van der Waals surface area contributed by atoms with Crippen molar-refractivity contribution in [1.82, 2.24) is 9.47 Å². The summed E-state index contributed by atoms with van der Waals surface area (Å²) in [7, 11) is 4.17. The molecule has 0 spiro atoms. The summed E-state index contributed by atoms with van der Waals surface area (Å²) in [6.45, 7) is 18.5. The molecule has 42 heavy (non-hydrogen) atoms. The lowest BCUT2D eigenvalue weighted by Gasteiger charge is -2.19. The number of aliphatic imine (C=N–C) groups is 1. The molecule has 1 aliphatic rings.